The van der Waals surface area contributed by atoms with Gasteiger partial charge in [-0.25, -0.2) is 0 Å². The molecule has 0 spiro atoms. The van der Waals surface area contributed by atoms with Crippen molar-refractivity contribution in [3.05, 3.63) is 60.2 Å². The quantitative estimate of drug-likeness (QED) is 0.667. The van der Waals surface area contributed by atoms with Crippen LogP contribution >= 0.6 is 0 Å². The van der Waals surface area contributed by atoms with Crippen molar-refractivity contribution in [2.75, 3.05) is 20.3 Å². The maximum absolute atomic E-state index is 12.6. The highest BCUT2D eigenvalue weighted by Gasteiger charge is 2.14. The van der Waals surface area contributed by atoms with E-state index < -0.39 is 0 Å². The van der Waals surface area contributed by atoms with Crippen LogP contribution in [0.5, 0.6) is 0 Å². The highest BCUT2D eigenvalue weighted by atomic mass is 16.5. The highest BCUT2D eigenvalue weighted by Crippen LogP contribution is 2.09. The van der Waals surface area contributed by atoms with Gasteiger partial charge >= 0.3 is 0 Å². The van der Waals surface area contributed by atoms with Crippen LogP contribution in [0.3, 0.4) is 0 Å². The van der Waals surface area contributed by atoms with E-state index in [9.17, 15) is 4.79 Å². The Hall–Kier alpha value is -2.27. The van der Waals surface area contributed by atoms with Crippen molar-refractivity contribution in [1.82, 2.24) is 14.9 Å². The lowest BCUT2D eigenvalue weighted by Gasteiger charge is -2.23. The number of hydrogen-bond acceptors (Lipinski definition) is 4. The summed E-state index contributed by atoms with van der Waals surface area (Å²) in [5.41, 5.74) is 2.17. The van der Waals surface area contributed by atoms with Gasteiger partial charge in [0.1, 0.15) is 0 Å². The predicted molar refractivity (Wildman–Crippen MR) is 88.7 cm³/mol. The number of amides is 1. The summed E-state index contributed by atoms with van der Waals surface area (Å²) in [7, 11) is 1.68. The van der Waals surface area contributed by atoms with Crippen LogP contribution in [0, 0.1) is 0 Å². The van der Waals surface area contributed by atoms with E-state index in [1.165, 1.54) is 0 Å². The fourth-order valence-corrected chi connectivity index (χ4v) is 2.36. The molecule has 1 amide bonds. The average Bonchev–Trinajstić information content (AvgIpc) is 2.61. The molecule has 0 bridgehead atoms. The smallest absolute Gasteiger partial charge is 0.223 e. The summed E-state index contributed by atoms with van der Waals surface area (Å²) in [6.07, 6.45) is 9.09. The second-order valence-corrected chi connectivity index (χ2v) is 5.38. The number of pyridine rings is 2. The number of hydrogen-bond donors (Lipinski definition) is 0. The van der Waals surface area contributed by atoms with Gasteiger partial charge in [-0.3, -0.25) is 14.8 Å². The van der Waals surface area contributed by atoms with Crippen LogP contribution in [0.1, 0.15) is 24.0 Å². The minimum Gasteiger partial charge on any atom is -0.385 e. The van der Waals surface area contributed by atoms with Crippen LogP contribution in [0.15, 0.2) is 49.1 Å². The van der Waals surface area contributed by atoms with Gasteiger partial charge in [0.2, 0.25) is 5.91 Å². The summed E-state index contributed by atoms with van der Waals surface area (Å²) in [5.74, 6) is 0.154. The lowest BCUT2D eigenvalue weighted by Crippen LogP contribution is -2.32. The first-order valence-electron chi connectivity index (χ1n) is 7.84. The Labute approximate surface area is 137 Å². The molecule has 23 heavy (non-hydrogen) atoms. The minimum absolute atomic E-state index is 0.154. The number of aryl methyl sites for hydroxylation is 1. The SMILES string of the molecule is COCCCN(Cc1ccncc1)C(=O)CCc1cccnc1. The first kappa shape index (κ1) is 17.1. The molecule has 0 unspecified atom stereocenters. The van der Waals surface area contributed by atoms with Crippen molar-refractivity contribution in [1.29, 1.82) is 0 Å². The van der Waals surface area contributed by atoms with Crippen LogP contribution < -0.4 is 0 Å². The first-order chi connectivity index (χ1) is 11.3. The van der Waals surface area contributed by atoms with Crippen molar-refractivity contribution in [3.8, 4) is 0 Å². The van der Waals surface area contributed by atoms with Gasteiger partial charge < -0.3 is 9.64 Å². The van der Waals surface area contributed by atoms with E-state index in [0.717, 1.165) is 17.5 Å². The lowest BCUT2D eigenvalue weighted by atomic mass is 10.1. The Balaban J connectivity index is 1.93. The molecule has 5 heteroatoms. The zero-order valence-electron chi connectivity index (χ0n) is 13.5. The molecule has 2 rings (SSSR count). The summed E-state index contributed by atoms with van der Waals surface area (Å²) in [5, 5.41) is 0. The molecule has 0 N–H and O–H groups in total. The first-order valence-corrected chi connectivity index (χ1v) is 7.84. The average molecular weight is 313 g/mol. The van der Waals surface area contributed by atoms with E-state index in [0.29, 0.717) is 32.5 Å². The topological polar surface area (TPSA) is 55.3 Å². The lowest BCUT2D eigenvalue weighted by molar-refractivity contribution is -0.132. The van der Waals surface area contributed by atoms with Gasteiger partial charge in [-0.15, -0.1) is 0 Å². The fourth-order valence-electron chi connectivity index (χ4n) is 2.36. The third-order valence-electron chi connectivity index (χ3n) is 3.60. The monoisotopic (exact) mass is 313 g/mol. The van der Waals surface area contributed by atoms with Gasteiger partial charge in [-0.05, 0) is 42.2 Å². The van der Waals surface area contributed by atoms with Crippen molar-refractivity contribution >= 4 is 5.91 Å². The maximum Gasteiger partial charge on any atom is 0.223 e. The van der Waals surface area contributed by atoms with E-state index in [4.69, 9.17) is 4.74 Å². The van der Waals surface area contributed by atoms with Crippen molar-refractivity contribution < 1.29 is 9.53 Å². The predicted octanol–water partition coefficient (Wildman–Crippen LogP) is 2.47. The number of nitrogens with zero attached hydrogens (tertiary/aromatic N) is 3. The van der Waals surface area contributed by atoms with E-state index >= 15 is 0 Å². The normalized spacial score (nSPS) is 10.5. The zero-order valence-corrected chi connectivity index (χ0v) is 13.5. The van der Waals surface area contributed by atoms with Crippen LogP contribution in [-0.2, 0) is 22.5 Å². The van der Waals surface area contributed by atoms with E-state index in [2.05, 4.69) is 9.97 Å². The van der Waals surface area contributed by atoms with E-state index in [-0.39, 0.29) is 5.91 Å². The fraction of sp³-hybridized carbons (Fsp3) is 0.389. The number of carbonyl (C=O) groups is 1. The molecular formula is C18H23N3O2. The third-order valence-corrected chi connectivity index (χ3v) is 3.60. The Morgan fingerprint density at radius 2 is 1.96 bits per heavy atom. The Kier molecular flexibility index (Phi) is 7.20. The molecule has 5 nitrogen and oxygen atoms in total. The van der Waals surface area contributed by atoms with Gasteiger partial charge in [0.05, 0.1) is 0 Å². The van der Waals surface area contributed by atoms with Crippen molar-refractivity contribution in [2.24, 2.45) is 0 Å². The summed E-state index contributed by atoms with van der Waals surface area (Å²) >= 11 is 0. The molecule has 0 atom stereocenters. The number of ether oxygens (including phenoxy) is 1. The molecule has 2 aromatic rings. The number of aromatic nitrogens is 2. The van der Waals surface area contributed by atoms with Crippen LogP contribution in [-0.4, -0.2) is 41.0 Å². The van der Waals surface area contributed by atoms with Gasteiger partial charge in [-0.2, -0.15) is 0 Å². The summed E-state index contributed by atoms with van der Waals surface area (Å²) in [6, 6.07) is 7.78. The van der Waals surface area contributed by atoms with Crippen LogP contribution in [0.2, 0.25) is 0 Å². The summed E-state index contributed by atoms with van der Waals surface area (Å²) < 4.78 is 5.10. The van der Waals surface area contributed by atoms with Gasteiger partial charge in [-0.1, -0.05) is 6.07 Å². The van der Waals surface area contributed by atoms with E-state index in [1.54, 1.807) is 25.7 Å². The minimum atomic E-state index is 0.154. The summed E-state index contributed by atoms with van der Waals surface area (Å²) in [6.45, 7) is 1.96. The zero-order chi connectivity index (χ0) is 16.3. The maximum atomic E-state index is 12.6. The molecule has 122 valence electrons. The molecule has 0 aliphatic heterocycles. The second kappa shape index (κ2) is 9.69. The van der Waals surface area contributed by atoms with Gasteiger partial charge in [0.15, 0.2) is 0 Å². The Bertz CT molecular complexity index is 575. The molecule has 0 radical (unpaired) electrons. The van der Waals surface area contributed by atoms with Crippen molar-refractivity contribution in [3.63, 3.8) is 0 Å². The second-order valence-electron chi connectivity index (χ2n) is 5.38. The number of carbonyl (C=O) groups excluding carboxylic acids is 1. The van der Waals surface area contributed by atoms with Crippen molar-refractivity contribution in [2.45, 2.75) is 25.8 Å². The van der Waals surface area contributed by atoms with Gasteiger partial charge in [0, 0.05) is 58.0 Å². The Morgan fingerprint density at radius 3 is 2.65 bits per heavy atom. The molecule has 2 aromatic heterocycles. The Morgan fingerprint density at radius 1 is 1.13 bits per heavy atom. The molecule has 0 fully saturated rings. The molecule has 0 saturated heterocycles. The number of methoxy groups -OCH3 is 1. The standard InChI is InChI=1S/C18H23N3O2/c1-23-13-3-12-21(15-17-7-10-19-11-8-17)18(22)6-5-16-4-2-9-20-14-16/h2,4,7-11,14H,3,5-6,12-13,15H2,1H3. The highest BCUT2D eigenvalue weighted by molar-refractivity contribution is 5.76. The van der Waals surface area contributed by atoms with Gasteiger partial charge in [0.25, 0.3) is 0 Å². The molecule has 0 aliphatic carbocycles. The van der Waals surface area contributed by atoms with E-state index in [1.807, 2.05) is 35.4 Å². The molecule has 2 heterocycles. The van der Waals surface area contributed by atoms with Crippen LogP contribution in [0.25, 0.3) is 0 Å². The third kappa shape index (κ3) is 6.16. The molecule has 0 aliphatic rings. The van der Waals surface area contributed by atoms with Crippen LogP contribution in [0.4, 0.5) is 0 Å². The summed E-state index contributed by atoms with van der Waals surface area (Å²) in [4.78, 5) is 22.6. The molecular weight excluding hydrogens is 290 g/mol. The molecule has 0 saturated carbocycles. The number of rotatable bonds is 9. The largest absolute Gasteiger partial charge is 0.385 e. The molecule has 0 aromatic carbocycles.